The highest BCUT2D eigenvalue weighted by atomic mass is 16.5. The van der Waals surface area contributed by atoms with Crippen LogP contribution in [0.5, 0.6) is 0 Å². The van der Waals surface area contributed by atoms with E-state index in [0.29, 0.717) is 11.8 Å². The Labute approximate surface area is 132 Å². The normalized spacial score (nSPS) is 49.4. The molecule has 6 unspecified atom stereocenters. The van der Waals surface area contributed by atoms with E-state index in [9.17, 15) is 9.90 Å². The molecular weight excluding hydrogens is 276 g/mol. The molecule has 4 aliphatic rings. The molecule has 3 heteroatoms. The lowest BCUT2D eigenvalue weighted by molar-refractivity contribution is -0.153. The molecule has 120 valence electrons. The van der Waals surface area contributed by atoms with Crippen LogP contribution in [0.25, 0.3) is 0 Å². The molecule has 2 bridgehead atoms. The summed E-state index contributed by atoms with van der Waals surface area (Å²) < 4.78 is 5.22. The first-order valence-electron chi connectivity index (χ1n) is 8.63. The summed E-state index contributed by atoms with van der Waals surface area (Å²) in [6.45, 7) is 6.41. The molecule has 0 aromatic rings. The van der Waals surface area contributed by atoms with Crippen molar-refractivity contribution in [1.29, 1.82) is 0 Å². The van der Waals surface area contributed by atoms with Crippen molar-refractivity contribution < 1.29 is 14.6 Å². The summed E-state index contributed by atoms with van der Waals surface area (Å²) >= 11 is 0. The van der Waals surface area contributed by atoms with Gasteiger partial charge in [0.2, 0.25) is 0 Å². The molecule has 3 saturated carbocycles. The predicted octanol–water partition coefficient (Wildman–Crippen LogP) is 3.10. The SMILES string of the molecule is C=C1CC23CC1CCC2C1=CC[C@H](O)C(C)C1C3C(=O)OC. The van der Waals surface area contributed by atoms with E-state index in [2.05, 4.69) is 19.6 Å². The third kappa shape index (κ3) is 1.63. The molecule has 0 heterocycles. The molecule has 3 nitrogen and oxygen atoms in total. The summed E-state index contributed by atoms with van der Waals surface area (Å²) in [5.41, 5.74) is 2.80. The number of hydrogen-bond acceptors (Lipinski definition) is 3. The van der Waals surface area contributed by atoms with E-state index in [-0.39, 0.29) is 35.2 Å². The maximum atomic E-state index is 12.7. The van der Waals surface area contributed by atoms with Gasteiger partial charge < -0.3 is 9.84 Å². The maximum absolute atomic E-state index is 12.7. The minimum Gasteiger partial charge on any atom is -0.469 e. The second-order valence-electron chi connectivity index (χ2n) is 7.99. The third-order valence-electron chi connectivity index (χ3n) is 7.25. The molecule has 22 heavy (non-hydrogen) atoms. The number of carbonyl (C=O) groups excluding carboxylic acids is 1. The second kappa shape index (κ2) is 4.70. The number of aliphatic hydroxyl groups is 1. The van der Waals surface area contributed by atoms with E-state index in [4.69, 9.17) is 4.74 Å². The van der Waals surface area contributed by atoms with Crippen molar-refractivity contribution in [3.63, 3.8) is 0 Å². The molecule has 0 aliphatic heterocycles. The maximum Gasteiger partial charge on any atom is 0.309 e. The van der Waals surface area contributed by atoms with Gasteiger partial charge in [-0.25, -0.2) is 0 Å². The Bertz CT molecular complexity index is 563. The topological polar surface area (TPSA) is 46.5 Å². The molecule has 3 fully saturated rings. The molecule has 1 spiro atoms. The van der Waals surface area contributed by atoms with E-state index in [1.54, 1.807) is 0 Å². The number of esters is 1. The average Bonchev–Trinajstić information content (AvgIpc) is 2.93. The van der Waals surface area contributed by atoms with Gasteiger partial charge in [0.1, 0.15) is 0 Å². The van der Waals surface area contributed by atoms with Gasteiger partial charge >= 0.3 is 5.97 Å². The largest absolute Gasteiger partial charge is 0.469 e. The van der Waals surface area contributed by atoms with Crippen LogP contribution in [0.4, 0.5) is 0 Å². The molecule has 7 atom stereocenters. The van der Waals surface area contributed by atoms with E-state index in [1.165, 1.54) is 31.1 Å². The van der Waals surface area contributed by atoms with Gasteiger partial charge in [0.05, 0.1) is 19.1 Å². The zero-order chi connectivity index (χ0) is 15.6. The van der Waals surface area contributed by atoms with E-state index >= 15 is 0 Å². The number of hydrogen-bond donors (Lipinski definition) is 1. The lowest BCUT2D eigenvalue weighted by Crippen LogP contribution is -2.41. The molecule has 1 N–H and O–H groups in total. The van der Waals surface area contributed by atoms with E-state index in [0.717, 1.165) is 19.3 Å². The van der Waals surface area contributed by atoms with Crippen molar-refractivity contribution in [3.8, 4) is 0 Å². The standard InChI is InChI=1S/C19H26O3/c1-10-8-19-9-12(10)4-6-14(19)13-5-7-15(20)11(2)16(13)17(19)18(21)22-3/h5,11-12,14-17,20H,1,4,6-9H2,2-3H3/t11?,12?,14?,15-,16?,17?,19?/m0/s1. The summed E-state index contributed by atoms with van der Waals surface area (Å²) in [6, 6.07) is 0. The third-order valence-corrected chi connectivity index (χ3v) is 7.25. The number of fused-ring (bicyclic) bond motifs is 3. The average molecular weight is 302 g/mol. The first-order valence-corrected chi connectivity index (χ1v) is 8.63. The van der Waals surface area contributed by atoms with Crippen LogP contribution in [0.2, 0.25) is 0 Å². The van der Waals surface area contributed by atoms with Gasteiger partial charge in [0.15, 0.2) is 0 Å². The van der Waals surface area contributed by atoms with Crippen molar-refractivity contribution in [2.45, 2.75) is 45.1 Å². The zero-order valence-corrected chi connectivity index (χ0v) is 13.5. The summed E-state index contributed by atoms with van der Waals surface area (Å²) in [4.78, 5) is 12.7. The number of methoxy groups -OCH3 is 1. The lowest BCUT2D eigenvalue weighted by atomic mass is 9.64. The molecule has 0 radical (unpaired) electrons. The number of ether oxygens (including phenoxy) is 1. The van der Waals surface area contributed by atoms with E-state index < -0.39 is 0 Å². The minimum absolute atomic E-state index is 0.0158. The molecule has 0 amide bonds. The molecular formula is C19H26O3. The molecule has 0 aromatic carbocycles. The van der Waals surface area contributed by atoms with Crippen LogP contribution in [0.3, 0.4) is 0 Å². The first-order chi connectivity index (χ1) is 10.5. The van der Waals surface area contributed by atoms with Crippen LogP contribution in [-0.2, 0) is 9.53 Å². The van der Waals surface area contributed by atoms with Crippen LogP contribution in [0.15, 0.2) is 23.8 Å². The van der Waals surface area contributed by atoms with Crippen LogP contribution >= 0.6 is 0 Å². The van der Waals surface area contributed by atoms with Crippen molar-refractivity contribution in [2.24, 2.45) is 35.0 Å². The zero-order valence-electron chi connectivity index (χ0n) is 13.5. The van der Waals surface area contributed by atoms with Crippen LogP contribution < -0.4 is 0 Å². The van der Waals surface area contributed by atoms with Crippen LogP contribution in [0, 0.1) is 35.0 Å². The summed E-state index contributed by atoms with van der Waals surface area (Å²) in [6.07, 6.45) is 7.08. The van der Waals surface area contributed by atoms with Crippen LogP contribution in [-0.4, -0.2) is 24.3 Å². The highest BCUT2D eigenvalue weighted by Gasteiger charge is 2.66. The lowest BCUT2D eigenvalue weighted by Gasteiger charge is -2.39. The van der Waals surface area contributed by atoms with Gasteiger partial charge in [0.25, 0.3) is 0 Å². The fourth-order valence-corrected chi connectivity index (χ4v) is 6.31. The highest BCUT2D eigenvalue weighted by molar-refractivity contribution is 5.76. The highest BCUT2D eigenvalue weighted by Crippen LogP contribution is 2.70. The first kappa shape index (κ1) is 14.5. The molecule has 0 saturated heterocycles. The number of allylic oxidation sites excluding steroid dienone is 2. The molecule has 4 rings (SSSR count). The Hall–Kier alpha value is -1.09. The monoisotopic (exact) mass is 302 g/mol. The van der Waals surface area contributed by atoms with Gasteiger partial charge in [-0.2, -0.15) is 0 Å². The van der Waals surface area contributed by atoms with Gasteiger partial charge in [-0.3, -0.25) is 4.79 Å². The van der Waals surface area contributed by atoms with Crippen LogP contribution in [0.1, 0.15) is 39.0 Å². The molecule has 4 aliphatic carbocycles. The second-order valence-corrected chi connectivity index (χ2v) is 7.99. The predicted molar refractivity (Wildman–Crippen MR) is 83.9 cm³/mol. The number of carbonyl (C=O) groups is 1. The Balaban J connectivity index is 1.85. The summed E-state index contributed by atoms with van der Waals surface area (Å²) in [5.74, 6) is 1.20. The van der Waals surface area contributed by atoms with Crippen molar-refractivity contribution in [1.82, 2.24) is 0 Å². The Morgan fingerprint density at radius 3 is 2.95 bits per heavy atom. The van der Waals surface area contributed by atoms with Crippen molar-refractivity contribution in [3.05, 3.63) is 23.8 Å². The van der Waals surface area contributed by atoms with Gasteiger partial charge in [-0.1, -0.05) is 30.7 Å². The fraction of sp³-hybridized carbons (Fsp3) is 0.737. The summed E-state index contributed by atoms with van der Waals surface area (Å²) in [7, 11) is 1.50. The minimum atomic E-state index is -0.335. The molecule has 0 aromatic heterocycles. The van der Waals surface area contributed by atoms with Crippen molar-refractivity contribution >= 4 is 5.97 Å². The van der Waals surface area contributed by atoms with Gasteiger partial charge in [-0.05, 0) is 61.2 Å². The fourth-order valence-electron chi connectivity index (χ4n) is 6.31. The smallest absolute Gasteiger partial charge is 0.309 e. The quantitative estimate of drug-likeness (QED) is 0.598. The number of aliphatic hydroxyl groups excluding tert-OH is 1. The Morgan fingerprint density at radius 1 is 1.45 bits per heavy atom. The Kier molecular flexibility index (Phi) is 3.10. The Morgan fingerprint density at radius 2 is 2.23 bits per heavy atom. The van der Waals surface area contributed by atoms with E-state index in [1.807, 2.05) is 0 Å². The van der Waals surface area contributed by atoms with Gasteiger partial charge in [0, 0.05) is 0 Å². The van der Waals surface area contributed by atoms with Crippen molar-refractivity contribution in [2.75, 3.05) is 7.11 Å². The summed E-state index contributed by atoms with van der Waals surface area (Å²) in [5, 5.41) is 10.3. The number of rotatable bonds is 1. The van der Waals surface area contributed by atoms with Gasteiger partial charge in [-0.15, -0.1) is 0 Å².